The van der Waals surface area contributed by atoms with Crippen molar-refractivity contribution in [3.8, 4) is 0 Å². The highest BCUT2D eigenvalue weighted by atomic mass is 32.1. The predicted octanol–water partition coefficient (Wildman–Crippen LogP) is 2.36. The van der Waals surface area contributed by atoms with Crippen molar-refractivity contribution in [1.82, 2.24) is 19.1 Å². The Bertz CT molecular complexity index is 984. The van der Waals surface area contributed by atoms with Crippen LogP contribution in [0.25, 0.3) is 21.5 Å². The standard InChI is InChI=1S/C16H20N4O2S/c1-4-5-6-7-8-10-9-11-14(23-10)18-13-12(17-11)15(21)20(3)16(22)19(13)2/h9H,4-8H2,1-3H3. The molecule has 3 heterocycles. The zero-order chi connectivity index (χ0) is 16.6. The monoisotopic (exact) mass is 332 g/mol. The van der Waals surface area contributed by atoms with Crippen LogP contribution in [0.15, 0.2) is 15.7 Å². The van der Waals surface area contributed by atoms with Crippen LogP contribution in [0.2, 0.25) is 0 Å². The van der Waals surface area contributed by atoms with Gasteiger partial charge in [-0.3, -0.25) is 13.9 Å². The van der Waals surface area contributed by atoms with Gasteiger partial charge in [0.2, 0.25) is 0 Å². The maximum Gasteiger partial charge on any atom is 0.332 e. The lowest BCUT2D eigenvalue weighted by Gasteiger charge is -2.05. The van der Waals surface area contributed by atoms with Crippen molar-refractivity contribution in [2.75, 3.05) is 0 Å². The number of aryl methyl sites for hydroxylation is 2. The van der Waals surface area contributed by atoms with Gasteiger partial charge in [0.05, 0.1) is 0 Å². The van der Waals surface area contributed by atoms with Gasteiger partial charge < -0.3 is 0 Å². The van der Waals surface area contributed by atoms with E-state index in [2.05, 4.69) is 16.9 Å². The summed E-state index contributed by atoms with van der Waals surface area (Å²) < 4.78 is 2.45. The average molecular weight is 332 g/mol. The minimum atomic E-state index is -0.395. The lowest BCUT2D eigenvalue weighted by molar-refractivity contribution is 0.670. The number of aromatic nitrogens is 4. The fourth-order valence-corrected chi connectivity index (χ4v) is 3.69. The maximum atomic E-state index is 12.2. The Labute approximate surface area is 137 Å². The molecule has 0 aliphatic rings. The quantitative estimate of drug-likeness (QED) is 0.673. The van der Waals surface area contributed by atoms with Gasteiger partial charge in [0, 0.05) is 19.0 Å². The van der Waals surface area contributed by atoms with E-state index in [9.17, 15) is 9.59 Å². The molecule has 0 aliphatic heterocycles. The minimum absolute atomic E-state index is 0.248. The van der Waals surface area contributed by atoms with E-state index in [1.54, 1.807) is 18.4 Å². The molecule has 0 spiro atoms. The van der Waals surface area contributed by atoms with Gasteiger partial charge in [-0.05, 0) is 18.9 Å². The molecular formula is C16H20N4O2S. The van der Waals surface area contributed by atoms with Gasteiger partial charge in [0.25, 0.3) is 5.56 Å². The molecule has 0 unspecified atom stereocenters. The summed E-state index contributed by atoms with van der Waals surface area (Å²) in [7, 11) is 3.08. The van der Waals surface area contributed by atoms with Crippen LogP contribution in [0.4, 0.5) is 0 Å². The summed E-state index contributed by atoms with van der Waals surface area (Å²) in [6.45, 7) is 2.20. The first-order valence-corrected chi connectivity index (χ1v) is 8.70. The Morgan fingerprint density at radius 1 is 1.09 bits per heavy atom. The second-order valence-corrected chi connectivity index (χ2v) is 6.93. The molecule has 0 fully saturated rings. The highest BCUT2D eigenvalue weighted by Gasteiger charge is 2.14. The van der Waals surface area contributed by atoms with Crippen LogP contribution in [0.3, 0.4) is 0 Å². The lowest BCUT2D eigenvalue weighted by Crippen LogP contribution is -2.37. The molecule has 0 N–H and O–H groups in total. The maximum absolute atomic E-state index is 12.2. The molecule has 0 saturated carbocycles. The Balaban J connectivity index is 2.08. The Morgan fingerprint density at radius 3 is 2.61 bits per heavy atom. The summed E-state index contributed by atoms with van der Waals surface area (Å²) in [6.07, 6.45) is 5.86. The molecule has 3 aromatic heterocycles. The molecule has 3 rings (SSSR count). The molecule has 0 aliphatic carbocycles. The van der Waals surface area contributed by atoms with E-state index in [0.717, 1.165) is 27.8 Å². The third-order valence-electron chi connectivity index (χ3n) is 4.07. The van der Waals surface area contributed by atoms with Crippen molar-refractivity contribution in [3.63, 3.8) is 0 Å². The van der Waals surface area contributed by atoms with Crippen molar-refractivity contribution in [1.29, 1.82) is 0 Å². The number of nitrogens with zero attached hydrogens (tertiary/aromatic N) is 4. The van der Waals surface area contributed by atoms with Crippen molar-refractivity contribution in [3.05, 3.63) is 31.8 Å². The summed E-state index contributed by atoms with van der Waals surface area (Å²) in [4.78, 5) is 35.2. The van der Waals surface area contributed by atoms with Gasteiger partial charge in [-0.2, -0.15) is 0 Å². The summed E-state index contributed by atoms with van der Waals surface area (Å²) >= 11 is 1.60. The van der Waals surface area contributed by atoms with Crippen LogP contribution >= 0.6 is 11.3 Å². The molecule has 0 radical (unpaired) electrons. The molecule has 3 aromatic rings. The van der Waals surface area contributed by atoms with E-state index in [0.29, 0.717) is 5.65 Å². The molecule has 122 valence electrons. The van der Waals surface area contributed by atoms with Crippen molar-refractivity contribution in [2.24, 2.45) is 14.1 Å². The summed E-state index contributed by atoms with van der Waals surface area (Å²) in [5.41, 5.74) is 0.562. The van der Waals surface area contributed by atoms with Crippen molar-refractivity contribution in [2.45, 2.75) is 39.0 Å². The molecule has 0 bridgehead atoms. The third kappa shape index (κ3) is 2.81. The molecule has 6 nitrogen and oxygen atoms in total. The van der Waals surface area contributed by atoms with Gasteiger partial charge in [0.1, 0.15) is 10.3 Å². The molecular weight excluding hydrogens is 312 g/mol. The first-order valence-electron chi connectivity index (χ1n) is 7.89. The first kappa shape index (κ1) is 15.9. The smallest absolute Gasteiger partial charge is 0.279 e. The predicted molar refractivity (Wildman–Crippen MR) is 93.2 cm³/mol. The van der Waals surface area contributed by atoms with E-state index in [4.69, 9.17) is 0 Å². The second kappa shape index (κ2) is 6.23. The van der Waals surface area contributed by atoms with Gasteiger partial charge in [-0.15, -0.1) is 11.3 Å². The summed E-state index contributed by atoms with van der Waals surface area (Å²) in [5.74, 6) is 0. The fraction of sp³-hybridized carbons (Fsp3) is 0.500. The van der Waals surface area contributed by atoms with E-state index in [1.807, 2.05) is 6.07 Å². The fourth-order valence-electron chi connectivity index (χ4n) is 2.69. The Morgan fingerprint density at radius 2 is 1.87 bits per heavy atom. The number of hydrogen-bond donors (Lipinski definition) is 0. The van der Waals surface area contributed by atoms with Crippen LogP contribution in [-0.2, 0) is 20.5 Å². The molecule has 0 aromatic carbocycles. The number of unbranched alkanes of at least 4 members (excludes halogenated alkanes) is 3. The summed E-state index contributed by atoms with van der Waals surface area (Å²) in [6, 6.07) is 2.02. The zero-order valence-corrected chi connectivity index (χ0v) is 14.4. The summed E-state index contributed by atoms with van der Waals surface area (Å²) in [5, 5.41) is 0. The highest BCUT2D eigenvalue weighted by molar-refractivity contribution is 7.18. The number of thiophene rings is 1. The minimum Gasteiger partial charge on any atom is -0.279 e. The van der Waals surface area contributed by atoms with Crippen molar-refractivity contribution < 1.29 is 0 Å². The first-order chi connectivity index (χ1) is 11.0. The Hall–Kier alpha value is -2.02. The van der Waals surface area contributed by atoms with Crippen LogP contribution < -0.4 is 11.2 Å². The SMILES string of the molecule is CCCCCCc1cc2nc3c(=O)n(C)c(=O)n(C)c3nc2s1. The molecule has 7 heteroatoms. The van der Waals surface area contributed by atoms with E-state index < -0.39 is 5.56 Å². The largest absolute Gasteiger partial charge is 0.332 e. The molecule has 0 amide bonds. The number of hydrogen-bond acceptors (Lipinski definition) is 5. The average Bonchev–Trinajstić information content (AvgIpc) is 2.95. The van der Waals surface area contributed by atoms with Crippen LogP contribution in [0.5, 0.6) is 0 Å². The van der Waals surface area contributed by atoms with Crippen molar-refractivity contribution >= 4 is 32.8 Å². The molecule has 0 saturated heterocycles. The van der Waals surface area contributed by atoms with Gasteiger partial charge in [-0.25, -0.2) is 14.8 Å². The van der Waals surface area contributed by atoms with E-state index >= 15 is 0 Å². The normalized spacial score (nSPS) is 11.6. The molecule has 23 heavy (non-hydrogen) atoms. The zero-order valence-electron chi connectivity index (χ0n) is 13.6. The van der Waals surface area contributed by atoms with Gasteiger partial charge in [-0.1, -0.05) is 26.2 Å². The number of rotatable bonds is 5. The van der Waals surface area contributed by atoms with Gasteiger partial charge >= 0.3 is 5.69 Å². The lowest BCUT2D eigenvalue weighted by atomic mass is 10.1. The van der Waals surface area contributed by atoms with E-state index in [-0.39, 0.29) is 11.2 Å². The topological polar surface area (TPSA) is 69.8 Å². The second-order valence-electron chi connectivity index (χ2n) is 5.82. The third-order valence-corrected chi connectivity index (χ3v) is 5.15. The number of fused-ring (bicyclic) bond motifs is 2. The van der Waals surface area contributed by atoms with Crippen LogP contribution in [0.1, 0.15) is 37.5 Å². The molecule has 0 atom stereocenters. The van der Waals surface area contributed by atoms with Gasteiger partial charge in [0.15, 0.2) is 11.2 Å². The van der Waals surface area contributed by atoms with Crippen LogP contribution in [-0.4, -0.2) is 19.1 Å². The Kier molecular flexibility index (Phi) is 4.30. The van der Waals surface area contributed by atoms with E-state index in [1.165, 1.54) is 35.8 Å². The van der Waals surface area contributed by atoms with Crippen LogP contribution in [0, 0.1) is 0 Å². The highest BCUT2D eigenvalue weighted by Crippen LogP contribution is 2.25.